The Balaban J connectivity index is 2.38. The van der Waals surface area contributed by atoms with E-state index in [1.807, 2.05) is 12.1 Å². The molecule has 0 saturated carbocycles. The van der Waals surface area contributed by atoms with Gasteiger partial charge in [0, 0.05) is 10.8 Å². The molecule has 2 nitrogen and oxygen atoms in total. The van der Waals surface area contributed by atoms with Gasteiger partial charge in [-0.2, -0.15) is 0 Å². The summed E-state index contributed by atoms with van der Waals surface area (Å²) in [4.78, 5) is 0. The molecule has 0 aliphatic rings. The highest BCUT2D eigenvalue weighted by Crippen LogP contribution is 2.49. The topological polar surface area (TPSA) is 40.5 Å². The van der Waals surface area contributed by atoms with Crippen LogP contribution < -0.4 is 0 Å². The first-order chi connectivity index (χ1) is 22.3. The maximum atomic E-state index is 10.7. The van der Waals surface area contributed by atoms with Gasteiger partial charge in [0.25, 0.3) is 0 Å². The lowest BCUT2D eigenvalue weighted by atomic mass is 9.63. The van der Waals surface area contributed by atoms with Crippen LogP contribution in [0, 0.1) is 0 Å². The second kappa shape index (κ2) is 19.2. The van der Waals surface area contributed by atoms with Crippen molar-refractivity contribution in [2.24, 2.45) is 0 Å². The molecule has 0 amide bonds. The number of hydrogen-bond donors (Lipinski definition) is 2. The number of benzene rings is 3. The second-order valence-electron chi connectivity index (χ2n) is 14.0. The molecule has 0 heterocycles. The third-order valence-electron chi connectivity index (χ3n) is 10.6. The SMILES string of the molecule is CCCCc1cc(O)ccc1C(CCCC)(CCCC)c1cccc(C(CCCC)(CCCC)c2ccc(O)cc2CCCC)c1. The van der Waals surface area contributed by atoms with Crippen molar-refractivity contribution in [3.8, 4) is 11.5 Å². The molecule has 0 aliphatic heterocycles. The quantitative estimate of drug-likeness (QED) is 0.116. The molecule has 254 valence electrons. The first-order valence-electron chi connectivity index (χ1n) is 19.1. The van der Waals surface area contributed by atoms with Crippen LogP contribution in [0.3, 0.4) is 0 Å². The molecule has 46 heavy (non-hydrogen) atoms. The Bertz CT molecular complexity index is 1190. The first-order valence-corrected chi connectivity index (χ1v) is 19.1. The third kappa shape index (κ3) is 9.20. The van der Waals surface area contributed by atoms with Gasteiger partial charge in [0.05, 0.1) is 0 Å². The number of aryl methyl sites for hydroxylation is 2. The monoisotopic (exact) mass is 627 g/mol. The van der Waals surface area contributed by atoms with Crippen LogP contribution in [0.15, 0.2) is 60.7 Å². The number of unbranched alkanes of at least 4 members (excludes halogenated alkanes) is 6. The molecule has 2 N–H and O–H groups in total. The van der Waals surface area contributed by atoms with Crippen molar-refractivity contribution in [3.05, 3.63) is 94.0 Å². The Morgan fingerprint density at radius 2 is 0.783 bits per heavy atom. The Hall–Kier alpha value is -2.74. The average molecular weight is 627 g/mol. The number of phenolic OH excluding ortho intramolecular Hbond substituents is 2. The van der Waals surface area contributed by atoms with Gasteiger partial charge >= 0.3 is 0 Å². The zero-order valence-corrected chi connectivity index (χ0v) is 30.4. The van der Waals surface area contributed by atoms with Crippen molar-refractivity contribution in [2.45, 2.75) is 168 Å². The van der Waals surface area contributed by atoms with Gasteiger partial charge in [-0.25, -0.2) is 0 Å². The summed E-state index contributed by atoms with van der Waals surface area (Å²) in [5.74, 6) is 0.766. The fourth-order valence-electron chi connectivity index (χ4n) is 7.95. The minimum Gasteiger partial charge on any atom is -0.508 e. The van der Waals surface area contributed by atoms with Gasteiger partial charge in [-0.3, -0.25) is 0 Å². The van der Waals surface area contributed by atoms with Crippen molar-refractivity contribution < 1.29 is 10.2 Å². The average Bonchev–Trinajstić information content (AvgIpc) is 3.07. The maximum absolute atomic E-state index is 10.7. The third-order valence-corrected chi connectivity index (χ3v) is 10.6. The Morgan fingerprint density at radius 1 is 0.435 bits per heavy atom. The smallest absolute Gasteiger partial charge is 0.115 e. The molecule has 3 aromatic rings. The minimum absolute atomic E-state index is 0.0972. The number of phenols is 2. The number of hydrogen-bond acceptors (Lipinski definition) is 2. The molecule has 0 bridgehead atoms. The van der Waals surface area contributed by atoms with E-state index >= 15 is 0 Å². The van der Waals surface area contributed by atoms with Crippen LogP contribution in [-0.2, 0) is 23.7 Å². The van der Waals surface area contributed by atoms with Crippen molar-refractivity contribution >= 4 is 0 Å². The van der Waals surface area contributed by atoms with Gasteiger partial charge < -0.3 is 10.2 Å². The van der Waals surface area contributed by atoms with E-state index < -0.39 is 0 Å². The lowest BCUT2D eigenvalue weighted by Gasteiger charge is -2.41. The lowest BCUT2D eigenvalue weighted by Crippen LogP contribution is -2.32. The molecule has 0 aliphatic carbocycles. The van der Waals surface area contributed by atoms with E-state index in [0.717, 1.165) is 64.2 Å². The molecule has 3 aromatic carbocycles. The highest BCUT2D eigenvalue weighted by Gasteiger charge is 2.39. The highest BCUT2D eigenvalue weighted by atomic mass is 16.3. The predicted molar refractivity (Wildman–Crippen MR) is 200 cm³/mol. The fraction of sp³-hybridized carbons (Fsp3) is 0.591. The molecular formula is C44H66O2. The van der Waals surface area contributed by atoms with E-state index in [9.17, 15) is 10.2 Å². The summed E-state index contributed by atoms with van der Waals surface area (Å²) in [6.45, 7) is 13.8. The number of rotatable bonds is 22. The van der Waals surface area contributed by atoms with Crippen molar-refractivity contribution in [2.75, 3.05) is 0 Å². The first kappa shape index (κ1) is 37.7. The van der Waals surface area contributed by atoms with Gasteiger partial charge in [-0.1, -0.05) is 142 Å². The van der Waals surface area contributed by atoms with Crippen molar-refractivity contribution in [1.82, 2.24) is 0 Å². The van der Waals surface area contributed by atoms with E-state index in [0.29, 0.717) is 11.5 Å². The summed E-state index contributed by atoms with van der Waals surface area (Å²) in [7, 11) is 0. The molecule has 0 aromatic heterocycles. The molecule has 0 saturated heterocycles. The summed E-state index contributed by atoms with van der Waals surface area (Å²) in [6, 6.07) is 22.3. The molecule has 0 spiro atoms. The van der Waals surface area contributed by atoms with Gasteiger partial charge in [-0.15, -0.1) is 0 Å². The van der Waals surface area contributed by atoms with Crippen LogP contribution >= 0.6 is 0 Å². The Kier molecular flexibility index (Phi) is 15.7. The predicted octanol–water partition coefficient (Wildman–Crippen LogP) is 13.1. The molecule has 0 atom stereocenters. The maximum Gasteiger partial charge on any atom is 0.115 e. The zero-order chi connectivity index (χ0) is 33.4. The summed E-state index contributed by atoms with van der Waals surface area (Å²) in [5, 5.41) is 21.3. The molecule has 3 rings (SSSR count). The molecule has 0 unspecified atom stereocenters. The highest BCUT2D eigenvalue weighted by molar-refractivity contribution is 5.52. The minimum atomic E-state index is -0.0972. The molecule has 0 radical (unpaired) electrons. The van der Waals surface area contributed by atoms with Gasteiger partial charge in [-0.05, 0) is 109 Å². The normalized spacial score (nSPS) is 12.1. The van der Waals surface area contributed by atoms with Crippen molar-refractivity contribution in [3.63, 3.8) is 0 Å². The summed E-state index contributed by atoms with van der Waals surface area (Å²) in [5.41, 5.74) is 8.20. The van der Waals surface area contributed by atoms with Crippen LogP contribution in [0.5, 0.6) is 11.5 Å². The van der Waals surface area contributed by atoms with Gasteiger partial charge in [0.2, 0.25) is 0 Å². The fourth-order valence-corrected chi connectivity index (χ4v) is 7.95. The van der Waals surface area contributed by atoms with Crippen LogP contribution in [0.2, 0.25) is 0 Å². The van der Waals surface area contributed by atoms with E-state index in [1.54, 1.807) is 0 Å². The number of aromatic hydroxyl groups is 2. The van der Waals surface area contributed by atoms with E-state index in [2.05, 4.69) is 90.1 Å². The van der Waals surface area contributed by atoms with Gasteiger partial charge in [0.1, 0.15) is 11.5 Å². The van der Waals surface area contributed by atoms with Crippen LogP contribution in [0.1, 0.15) is 178 Å². The van der Waals surface area contributed by atoms with Crippen molar-refractivity contribution in [1.29, 1.82) is 0 Å². The second-order valence-corrected chi connectivity index (χ2v) is 14.0. The Morgan fingerprint density at radius 3 is 1.11 bits per heavy atom. The zero-order valence-electron chi connectivity index (χ0n) is 30.4. The van der Waals surface area contributed by atoms with Crippen LogP contribution in [-0.4, -0.2) is 10.2 Å². The summed E-state index contributed by atoms with van der Waals surface area (Å²) >= 11 is 0. The molecule has 0 fully saturated rings. The van der Waals surface area contributed by atoms with E-state index in [-0.39, 0.29) is 10.8 Å². The summed E-state index contributed by atoms with van der Waals surface area (Å²) < 4.78 is 0. The largest absolute Gasteiger partial charge is 0.508 e. The summed E-state index contributed by atoms with van der Waals surface area (Å²) in [6.07, 6.45) is 20.4. The Labute approximate surface area is 283 Å². The van der Waals surface area contributed by atoms with Crippen LogP contribution in [0.25, 0.3) is 0 Å². The lowest BCUT2D eigenvalue weighted by molar-refractivity contribution is 0.390. The standard InChI is InChI=1S/C44H66O2/c1-7-13-20-35-32-39(45)24-26-41(35)43(28-15-9-3,29-16-10-4)37-22-19-23-38(34-37)44(30-17-11-5,31-18-12-6)42-27-25-40(46)33-36(42)21-14-8-2/h19,22-27,32-34,45-46H,7-18,20-21,28-31H2,1-6H3. The molecule has 2 heteroatoms. The molecular weight excluding hydrogens is 560 g/mol. The van der Waals surface area contributed by atoms with E-state index in [1.165, 1.54) is 84.7 Å². The van der Waals surface area contributed by atoms with Gasteiger partial charge in [0.15, 0.2) is 0 Å². The van der Waals surface area contributed by atoms with Crippen LogP contribution in [0.4, 0.5) is 0 Å². The van der Waals surface area contributed by atoms with E-state index in [4.69, 9.17) is 0 Å².